The van der Waals surface area contributed by atoms with Crippen molar-refractivity contribution in [3.05, 3.63) is 66.1 Å². The second-order valence-corrected chi connectivity index (χ2v) is 12.4. The van der Waals surface area contributed by atoms with Crippen molar-refractivity contribution >= 4 is 47.0 Å². The molecule has 2 heterocycles. The van der Waals surface area contributed by atoms with Gasteiger partial charge in [0.1, 0.15) is 0 Å². The third-order valence-corrected chi connectivity index (χ3v) is 7.77. The lowest BCUT2D eigenvalue weighted by molar-refractivity contribution is 0.544. The second-order valence-electron chi connectivity index (χ2n) is 10.3. The lowest BCUT2D eigenvalue weighted by Gasteiger charge is -2.10. The number of thiophene rings is 2. The van der Waals surface area contributed by atoms with Gasteiger partial charge in [-0.25, -0.2) is 0 Å². The Hall–Kier alpha value is -1.64. The van der Waals surface area contributed by atoms with E-state index in [0.717, 1.165) is 0 Å². The first-order valence-corrected chi connectivity index (χ1v) is 12.3. The minimum atomic E-state index is 0.206. The summed E-state index contributed by atoms with van der Waals surface area (Å²) in [5.74, 6) is 0. The van der Waals surface area contributed by atoms with Crippen molar-refractivity contribution in [3.63, 3.8) is 0 Å². The van der Waals surface area contributed by atoms with E-state index in [2.05, 4.69) is 118 Å². The van der Waals surface area contributed by atoms with Crippen LogP contribution in [0.25, 0.3) is 24.3 Å². The van der Waals surface area contributed by atoms with Crippen LogP contribution in [-0.4, -0.2) is 0 Å². The minimum Gasteiger partial charge on any atom is -0.136 e. The Labute approximate surface area is 192 Å². The molecular weight excluding hydrogens is 400 g/mol. The molecule has 2 rings (SSSR count). The summed E-state index contributed by atoms with van der Waals surface area (Å²) in [7, 11) is 0. The number of hydrogen-bond acceptors (Lipinski definition) is 2. The molecule has 2 heteroatoms. The summed E-state index contributed by atoms with van der Waals surface area (Å²) in [6.45, 7) is 22.3. The molecule has 0 aliphatic rings. The molecule has 2 aromatic heterocycles. The van der Waals surface area contributed by atoms with Crippen LogP contribution in [0.15, 0.2) is 24.3 Å². The molecule has 0 aromatic carbocycles. The topological polar surface area (TPSA) is 0 Å². The van der Waals surface area contributed by atoms with Crippen molar-refractivity contribution in [2.75, 3.05) is 0 Å². The summed E-state index contributed by atoms with van der Waals surface area (Å²) in [4.78, 5) is 5.43. The molecule has 0 amide bonds. The highest BCUT2D eigenvalue weighted by molar-refractivity contribution is 7.15. The fourth-order valence-electron chi connectivity index (χ4n) is 2.88. The van der Waals surface area contributed by atoms with E-state index >= 15 is 0 Å². The standard InChI is InChI=1S/C28H38S2/c1-19-20(2)24(29-23(19)13-11-12-17-27(5,6)7)14-15-25-21(3)22(4)26(30-25)16-18-28(8,9)10/h11-18H,1-10H3/b13-11+,15-14+,17-12+,18-16+. The number of rotatable bonds is 5. The van der Waals surface area contributed by atoms with E-state index in [1.54, 1.807) is 0 Å². The van der Waals surface area contributed by atoms with Gasteiger partial charge >= 0.3 is 0 Å². The zero-order valence-corrected chi connectivity index (χ0v) is 22.1. The Balaban J connectivity index is 2.26. The van der Waals surface area contributed by atoms with Crippen molar-refractivity contribution in [1.82, 2.24) is 0 Å². The molecule has 0 bridgehead atoms. The molecular formula is C28H38S2. The Bertz CT molecular complexity index is 987. The van der Waals surface area contributed by atoms with Gasteiger partial charge in [-0.05, 0) is 85.1 Å². The van der Waals surface area contributed by atoms with Gasteiger partial charge in [0.15, 0.2) is 0 Å². The van der Waals surface area contributed by atoms with Crippen LogP contribution in [0.4, 0.5) is 0 Å². The quantitative estimate of drug-likeness (QED) is 0.407. The summed E-state index contributed by atoms with van der Waals surface area (Å²) in [5.41, 5.74) is 5.98. The zero-order valence-electron chi connectivity index (χ0n) is 20.4. The van der Waals surface area contributed by atoms with Gasteiger partial charge in [0, 0.05) is 19.5 Å². The molecule has 0 radical (unpaired) electrons. The summed E-state index contributed by atoms with van der Waals surface area (Å²) in [6, 6.07) is 0. The van der Waals surface area contributed by atoms with Crippen LogP contribution in [0.5, 0.6) is 0 Å². The first-order valence-electron chi connectivity index (χ1n) is 10.7. The Kier molecular flexibility index (Phi) is 7.93. The summed E-state index contributed by atoms with van der Waals surface area (Å²) >= 11 is 3.77. The molecule has 0 spiro atoms. The molecule has 0 aliphatic carbocycles. The van der Waals surface area contributed by atoms with Crippen LogP contribution in [0.3, 0.4) is 0 Å². The summed E-state index contributed by atoms with van der Waals surface area (Å²) in [5, 5.41) is 0. The van der Waals surface area contributed by atoms with Crippen molar-refractivity contribution in [3.8, 4) is 0 Å². The average molecular weight is 439 g/mol. The number of allylic oxidation sites excluding steroid dienone is 4. The van der Waals surface area contributed by atoms with Gasteiger partial charge in [-0.15, -0.1) is 22.7 Å². The van der Waals surface area contributed by atoms with E-state index in [9.17, 15) is 0 Å². The number of hydrogen-bond donors (Lipinski definition) is 0. The minimum absolute atomic E-state index is 0.206. The van der Waals surface area contributed by atoms with E-state index < -0.39 is 0 Å². The second kappa shape index (κ2) is 9.66. The SMILES string of the molecule is Cc1c(/C=C/C=C/C(C)(C)C)sc(/C=C/c2sc(/C=C/C(C)(C)C)c(C)c2C)c1C. The molecule has 0 fully saturated rings. The van der Waals surface area contributed by atoms with Gasteiger partial charge in [-0.1, -0.05) is 65.8 Å². The maximum atomic E-state index is 2.30. The van der Waals surface area contributed by atoms with Crippen molar-refractivity contribution in [2.24, 2.45) is 10.8 Å². The van der Waals surface area contributed by atoms with E-state index in [4.69, 9.17) is 0 Å². The lowest BCUT2D eigenvalue weighted by Crippen LogP contribution is -1.97. The van der Waals surface area contributed by atoms with Gasteiger partial charge in [0.2, 0.25) is 0 Å². The maximum Gasteiger partial charge on any atom is 0.0309 e. The van der Waals surface area contributed by atoms with Gasteiger partial charge in [-0.2, -0.15) is 0 Å². The average Bonchev–Trinajstić information content (AvgIpc) is 3.05. The molecule has 0 nitrogen and oxygen atoms in total. The smallest absolute Gasteiger partial charge is 0.0309 e. The highest BCUT2D eigenvalue weighted by atomic mass is 32.1. The molecule has 162 valence electrons. The van der Waals surface area contributed by atoms with Crippen molar-refractivity contribution < 1.29 is 0 Å². The van der Waals surface area contributed by atoms with Crippen molar-refractivity contribution in [2.45, 2.75) is 69.2 Å². The molecule has 0 saturated heterocycles. The molecule has 30 heavy (non-hydrogen) atoms. The van der Waals surface area contributed by atoms with E-state index in [-0.39, 0.29) is 10.8 Å². The largest absolute Gasteiger partial charge is 0.136 e. The van der Waals surface area contributed by atoms with Gasteiger partial charge in [-0.3, -0.25) is 0 Å². The normalized spacial score (nSPS) is 13.8. The molecule has 2 aromatic rings. The highest BCUT2D eigenvalue weighted by Gasteiger charge is 2.11. The molecule has 0 atom stereocenters. The first-order chi connectivity index (χ1) is 13.8. The first kappa shape index (κ1) is 24.6. The third-order valence-electron chi connectivity index (χ3n) is 5.12. The fraction of sp³-hybridized carbons (Fsp3) is 0.429. The van der Waals surface area contributed by atoms with E-state index in [0.29, 0.717) is 0 Å². The molecule has 0 N–H and O–H groups in total. The lowest BCUT2D eigenvalue weighted by atomic mass is 9.96. The Morgan fingerprint density at radius 2 is 0.833 bits per heavy atom. The highest BCUT2D eigenvalue weighted by Crippen LogP contribution is 2.34. The van der Waals surface area contributed by atoms with Crippen molar-refractivity contribution in [1.29, 1.82) is 0 Å². The van der Waals surface area contributed by atoms with Crippen LogP contribution in [0, 0.1) is 38.5 Å². The summed E-state index contributed by atoms with van der Waals surface area (Å²) in [6.07, 6.45) is 18.0. The van der Waals surface area contributed by atoms with Crippen LogP contribution >= 0.6 is 22.7 Å². The maximum absolute atomic E-state index is 2.30. The third kappa shape index (κ3) is 6.96. The van der Waals surface area contributed by atoms with Crippen LogP contribution in [0.2, 0.25) is 0 Å². The van der Waals surface area contributed by atoms with Crippen LogP contribution in [-0.2, 0) is 0 Å². The monoisotopic (exact) mass is 438 g/mol. The van der Waals surface area contributed by atoms with E-state index in [1.807, 2.05) is 22.7 Å². The van der Waals surface area contributed by atoms with Gasteiger partial charge < -0.3 is 0 Å². The predicted molar refractivity (Wildman–Crippen MR) is 143 cm³/mol. The Morgan fingerprint density at radius 3 is 1.23 bits per heavy atom. The van der Waals surface area contributed by atoms with Gasteiger partial charge in [0.05, 0.1) is 0 Å². The fourth-order valence-corrected chi connectivity index (χ4v) is 5.14. The molecule has 0 saturated carbocycles. The molecule has 0 aliphatic heterocycles. The molecule has 0 unspecified atom stereocenters. The predicted octanol–water partition coefficient (Wildman–Crippen LogP) is 9.89. The van der Waals surface area contributed by atoms with Crippen LogP contribution < -0.4 is 0 Å². The Morgan fingerprint density at radius 1 is 0.467 bits per heavy atom. The zero-order chi connectivity index (χ0) is 22.7. The summed E-state index contributed by atoms with van der Waals surface area (Å²) < 4.78 is 0. The van der Waals surface area contributed by atoms with E-state index in [1.165, 1.54) is 41.8 Å². The van der Waals surface area contributed by atoms with Crippen LogP contribution in [0.1, 0.15) is 83.3 Å². The van der Waals surface area contributed by atoms with Gasteiger partial charge in [0.25, 0.3) is 0 Å².